The molecule has 0 saturated carbocycles. The molecule has 0 amide bonds. The van der Waals surface area contributed by atoms with Crippen molar-refractivity contribution in [2.24, 2.45) is 0 Å². The van der Waals surface area contributed by atoms with Crippen molar-refractivity contribution in [3.05, 3.63) is 35.0 Å². The standard InChI is InChI=1S/C7H7S.ClH.Zn/c1-2-3-7-4-5-8-6-7;;/h2,4,6H,1,3H2;1H;/q-1;;+2/p-1. The maximum absolute atomic E-state index is 3.63. The second-order valence-corrected chi connectivity index (χ2v) is 2.27. The Morgan fingerprint density at radius 2 is 2.40 bits per heavy atom. The van der Waals surface area contributed by atoms with Gasteiger partial charge in [-0.05, 0) is 0 Å². The SMILES string of the molecule is C=CCc1c[c-]sc1.[Cl-].[Zn+2]. The van der Waals surface area contributed by atoms with Crippen LogP contribution in [-0.2, 0) is 25.9 Å². The molecule has 0 aliphatic rings. The Hall–Kier alpha value is 0.353. The van der Waals surface area contributed by atoms with Crippen LogP contribution in [0.2, 0.25) is 0 Å². The molecule has 0 bridgehead atoms. The third kappa shape index (κ3) is 4.21. The van der Waals surface area contributed by atoms with Gasteiger partial charge in [-0.1, -0.05) is 12.5 Å². The van der Waals surface area contributed by atoms with Crippen molar-refractivity contribution < 1.29 is 31.9 Å². The van der Waals surface area contributed by atoms with Gasteiger partial charge in [-0.3, -0.25) is 0 Å². The van der Waals surface area contributed by atoms with Crippen LogP contribution in [0.25, 0.3) is 0 Å². The third-order valence-corrected chi connectivity index (χ3v) is 1.58. The maximum Gasteiger partial charge on any atom is 2.00 e. The molecular weight excluding hydrogens is 217 g/mol. The molecule has 0 aliphatic heterocycles. The number of thiophene rings is 1. The minimum Gasteiger partial charge on any atom is -1.00 e. The van der Waals surface area contributed by atoms with Gasteiger partial charge < -0.3 is 23.7 Å². The zero-order valence-electron chi connectivity index (χ0n) is 5.64. The van der Waals surface area contributed by atoms with Crippen LogP contribution in [-0.4, -0.2) is 0 Å². The summed E-state index contributed by atoms with van der Waals surface area (Å²) >= 11 is 1.61. The fourth-order valence-corrected chi connectivity index (χ4v) is 1.13. The van der Waals surface area contributed by atoms with Gasteiger partial charge in [-0.25, -0.2) is 0 Å². The molecule has 1 heterocycles. The molecule has 0 spiro atoms. The van der Waals surface area contributed by atoms with Crippen molar-refractivity contribution in [3.8, 4) is 0 Å². The summed E-state index contributed by atoms with van der Waals surface area (Å²) in [6, 6.07) is 1.99. The topological polar surface area (TPSA) is 0 Å². The van der Waals surface area contributed by atoms with Gasteiger partial charge in [0.05, 0.1) is 0 Å². The minimum absolute atomic E-state index is 0. The quantitative estimate of drug-likeness (QED) is 0.353. The van der Waals surface area contributed by atoms with E-state index in [1.807, 2.05) is 12.1 Å². The molecular formula is C7H7ClSZn. The fourth-order valence-electron chi connectivity index (χ4n) is 0.527. The van der Waals surface area contributed by atoms with Crippen molar-refractivity contribution >= 4 is 11.3 Å². The summed E-state index contributed by atoms with van der Waals surface area (Å²) in [7, 11) is 0. The van der Waals surface area contributed by atoms with Crippen molar-refractivity contribution in [1.82, 2.24) is 0 Å². The Morgan fingerprint density at radius 1 is 1.70 bits per heavy atom. The summed E-state index contributed by atoms with van der Waals surface area (Å²) in [6.45, 7) is 3.63. The first-order valence-corrected chi connectivity index (χ1v) is 3.36. The molecule has 3 heteroatoms. The predicted molar refractivity (Wildman–Crippen MR) is 37.1 cm³/mol. The van der Waals surface area contributed by atoms with E-state index in [9.17, 15) is 0 Å². The van der Waals surface area contributed by atoms with Crippen molar-refractivity contribution in [3.63, 3.8) is 0 Å². The van der Waals surface area contributed by atoms with Crippen LogP contribution in [0.4, 0.5) is 0 Å². The summed E-state index contributed by atoms with van der Waals surface area (Å²) in [6.07, 6.45) is 2.87. The van der Waals surface area contributed by atoms with Gasteiger partial charge in [0.15, 0.2) is 0 Å². The van der Waals surface area contributed by atoms with Crippen LogP contribution in [0.3, 0.4) is 0 Å². The van der Waals surface area contributed by atoms with E-state index in [1.165, 1.54) is 5.56 Å². The molecule has 0 aliphatic carbocycles. The van der Waals surface area contributed by atoms with Gasteiger partial charge >= 0.3 is 19.5 Å². The number of rotatable bonds is 2. The molecule has 0 radical (unpaired) electrons. The van der Waals surface area contributed by atoms with Crippen LogP contribution >= 0.6 is 11.3 Å². The van der Waals surface area contributed by atoms with E-state index in [-0.39, 0.29) is 31.9 Å². The molecule has 0 fully saturated rings. The predicted octanol–water partition coefficient (Wildman–Crippen LogP) is -0.722. The number of allylic oxidation sites excluding steroid dienone is 1. The molecule has 1 aromatic rings. The van der Waals surface area contributed by atoms with Crippen LogP contribution in [0.15, 0.2) is 24.1 Å². The van der Waals surface area contributed by atoms with Crippen molar-refractivity contribution in [2.75, 3.05) is 0 Å². The summed E-state index contributed by atoms with van der Waals surface area (Å²) < 4.78 is 0. The summed E-state index contributed by atoms with van der Waals surface area (Å²) in [5.74, 6) is 0. The minimum atomic E-state index is 0. The van der Waals surface area contributed by atoms with E-state index >= 15 is 0 Å². The number of hydrogen-bond acceptors (Lipinski definition) is 1. The second-order valence-electron chi connectivity index (χ2n) is 1.57. The summed E-state index contributed by atoms with van der Waals surface area (Å²) in [5, 5.41) is 5.09. The first kappa shape index (κ1) is 13.0. The second kappa shape index (κ2) is 7.46. The maximum atomic E-state index is 3.63. The molecule has 0 aromatic carbocycles. The third-order valence-electron chi connectivity index (χ3n) is 0.903. The van der Waals surface area contributed by atoms with Gasteiger partial charge in [0.25, 0.3) is 0 Å². The van der Waals surface area contributed by atoms with E-state index in [1.54, 1.807) is 11.3 Å². The van der Waals surface area contributed by atoms with E-state index in [2.05, 4.69) is 17.3 Å². The van der Waals surface area contributed by atoms with Crippen LogP contribution in [0, 0.1) is 5.38 Å². The Bertz CT molecular complexity index is 160. The van der Waals surface area contributed by atoms with E-state index in [0.29, 0.717) is 0 Å². The first-order chi connectivity index (χ1) is 3.93. The molecule has 0 N–H and O–H groups in total. The summed E-state index contributed by atoms with van der Waals surface area (Å²) in [4.78, 5) is 0. The Labute approximate surface area is 84.5 Å². The number of hydrogen-bond donors (Lipinski definition) is 0. The van der Waals surface area contributed by atoms with Gasteiger partial charge in [-0.15, -0.1) is 12.0 Å². The molecule has 0 saturated heterocycles. The molecule has 1 rings (SSSR count). The average Bonchev–Trinajstić information content (AvgIpc) is 2.19. The normalized spacial score (nSPS) is 7.20. The van der Waals surface area contributed by atoms with Gasteiger partial charge in [0, 0.05) is 0 Å². The van der Waals surface area contributed by atoms with Crippen LogP contribution in [0.1, 0.15) is 5.56 Å². The average molecular weight is 224 g/mol. The van der Waals surface area contributed by atoms with E-state index < -0.39 is 0 Å². The number of halogens is 1. The largest absolute Gasteiger partial charge is 2.00 e. The Morgan fingerprint density at radius 3 is 2.80 bits per heavy atom. The van der Waals surface area contributed by atoms with E-state index in [0.717, 1.165) is 6.42 Å². The summed E-state index contributed by atoms with van der Waals surface area (Å²) in [5.41, 5.74) is 1.31. The van der Waals surface area contributed by atoms with Crippen LogP contribution < -0.4 is 12.4 Å². The molecule has 0 nitrogen and oxygen atoms in total. The van der Waals surface area contributed by atoms with E-state index in [4.69, 9.17) is 0 Å². The van der Waals surface area contributed by atoms with Gasteiger partial charge in [0.1, 0.15) is 0 Å². The van der Waals surface area contributed by atoms with Crippen molar-refractivity contribution in [1.29, 1.82) is 0 Å². The van der Waals surface area contributed by atoms with Crippen LogP contribution in [0.5, 0.6) is 0 Å². The zero-order valence-corrected chi connectivity index (χ0v) is 10.2. The Balaban J connectivity index is 0. The molecule has 0 unspecified atom stereocenters. The molecule has 10 heavy (non-hydrogen) atoms. The Kier molecular flexibility index (Phi) is 9.68. The monoisotopic (exact) mass is 222 g/mol. The fraction of sp³-hybridized carbons (Fsp3) is 0.143. The first-order valence-electron chi connectivity index (χ1n) is 2.48. The zero-order chi connectivity index (χ0) is 5.82. The molecule has 1 aromatic heterocycles. The van der Waals surface area contributed by atoms with Crippen molar-refractivity contribution in [2.45, 2.75) is 6.42 Å². The molecule has 0 atom stereocenters. The van der Waals surface area contributed by atoms with Gasteiger partial charge in [0.2, 0.25) is 0 Å². The molecule has 50 valence electrons. The smallest absolute Gasteiger partial charge is 1.00 e. The van der Waals surface area contributed by atoms with Gasteiger partial charge in [-0.2, -0.15) is 17.0 Å².